The molecular formula is C21H28O2. The van der Waals surface area contributed by atoms with Crippen molar-refractivity contribution in [2.75, 3.05) is 0 Å². The average Bonchev–Trinajstić information content (AvgIpc) is 2.94. The van der Waals surface area contributed by atoms with Crippen LogP contribution in [0.25, 0.3) is 0 Å². The van der Waals surface area contributed by atoms with E-state index in [0.717, 1.165) is 25.7 Å². The van der Waals surface area contributed by atoms with Gasteiger partial charge in [0.15, 0.2) is 5.78 Å². The summed E-state index contributed by atoms with van der Waals surface area (Å²) < 4.78 is 42.1. The van der Waals surface area contributed by atoms with Gasteiger partial charge in [0.1, 0.15) is 5.78 Å². The van der Waals surface area contributed by atoms with Crippen LogP contribution in [0.15, 0.2) is 23.7 Å². The molecule has 0 aromatic rings. The summed E-state index contributed by atoms with van der Waals surface area (Å²) in [7, 11) is 0. The summed E-state index contributed by atoms with van der Waals surface area (Å²) in [5.41, 5.74) is -0.718. The van der Waals surface area contributed by atoms with E-state index in [1.807, 2.05) is 6.92 Å². The summed E-state index contributed by atoms with van der Waals surface area (Å²) in [6, 6.07) is -0.306. The van der Waals surface area contributed by atoms with Crippen LogP contribution in [0.1, 0.15) is 66.1 Å². The van der Waals surface area contributed by atoms with Gasteiger partial charge in [0.2, 0.25) is 0 Å². The van der Waals surface area contributed by atoms with Crippen molar-refractivity contribution in [2.45, 2.75) is 59.2 Å². The number of Topliss-reactive ketones (excluding diaryl/α,β-unsaturated/α-hetero) is 1. The summed E-state index contributed by atoms with van der Waals surface area (Å²) in [4.78, 5) is 24.6. The molecule has 0 aromatic carbocycles. The molecule has 0 aliphatic heterocycles. The Morgan fingerprint density at radius 1 is 1.26 bits per heavy atom. The monoisotopic (exact) mass is 317 g/mol. The maximum Gasteiger partial charge on any atom is 0.156 e. The maximum atomic E-state index is 12.4. The molecule has 2 nitrogen and oxygen atoms in total. The highest BCUT2D eigenvalue weighted by Gasteiger charge is 2.58. The van der Waals surface area contributed by atoms with Crippen LogP contribution in [0.2, 0.25) is 0 Å². The van der Waals surface area contributed by atoms with Crippen LogP contribution < -0.4 is 0 Å². The minimum atomic E-state index is -2.11. The Kier molecular flexibility index (Phi) is 2.27. The molecule has 0 N–H and O–H groups in total. The Hall–Kier alpha value is -1.18. The second kappa shape index (κ2) is 4.91. The van der Waals surface area contributed by atoms with Crippen molar-refractivity contribution in [3.05, 3.63) is 23.7 Å². The second-order valence-corrected chi connectivity index (χ2v) is 8.39. The third-order valence-electron chi connectivity index (χ3n) is 7.37. The van der Waals surface area contributed by atoms with Gasteiger partial charge in [0, 0.05) is 15.0 Å². The molecule has 2 saturated carbocycles. The molecule has 6 atom stereocenters. The Morgan fingerprint density at radius 2 is 2.04 bits per heavy atom. The highest BCUT2D eigenvalue weighted by molar-refractivity contribution is 5.92. The fourth-order valence-corrected chi connectivity index (χ4v) is 6.02. The lowest BCUT2D eigenvalue weighted by Crippen LogP contribution is -2.49. The van der Waals surface area contributed by atoms with Crippen LogP contribution in [-0.4, -0.2) is 11.6 Å². The minimum Gasteiger partial charge on any atom is -0.300 e. The van der Waals surface area contributed by atoms with Gasteiger partial charge in [-0.25, -0.2) is 0 Å². The molecule has 0 bridgehead atoms. The third-order valence-corrected chi connectivity index (χ3v) is 7.37. The van der Waals surface area contributed by atoms with Gasteiger partial charge in [-0.2, -0.15) is 0 Å². The lowest BCUT2D eigenvalue weighted by atomic mass is 9.48. The fourth-order valence-electron chi connectivity index (χ4n) is 6.02. The number of carbonyl (C=O) groups is 2. The molecule has 0 heterocycles. The Bertz CT molecular complexity index is 844. The Labute approximate surface area is 146 Å². The van der Waals surface area contributed by atoms with Gasteiger partial charge in [0.25, 0.3) is 0 Å². The quantitative estimate of drug-likeness (QED) is 0.713. The van der Waals surface area contributed by atoms with Gasteiger partial charge in [-0.1, -0.05) is 26.0 Å². The number of ketones is 2. The standard InChI is InChI=1S/C21H28O2/c1-13(22)17-6-7-18-16-5-4-14-12-15(23)8-10-20(14,2)19(16)9-11-21(17,18)3/h4-5,12,16-19H,6-11H2,1-3H3/t16-,17+,18-,19+,20+,21+/m0/s1/i4D,5D,8D2,12D. The van der Waals surface area contributed by atoms with Crippen molar-refractivity contribution in [1.29, 1.82) is 0 Å². The molecule has 23 heavy (non-hydrogen) atoms. The largest absolute Gasteiger partial charge is 0.300 e. The lowest BCUT2D eigenvalue weighted by Gasteiger charge is -2.55. The number of fused-ring (bicyclic) bond motifs is 5. The zero-order valence-electron chi connectivity index (χ0n) is 19.2. The number of hydrogen-bond donors (Lipinski definition) is 0. The van der Waals surface area contributed by atoms with Crippen molar-refractivity contribution < 1.29 is 16.4 Å². The molecule has 2 heteroatoms. The molecule has 4 rings (SSSR count). The van der Waals surface area contributed by atoms with Crippen LogP contribution in [-0.2, 0) is 9.59 Å². The molecule has 2 fully saturated rings. The highest BCUT2D eigenvalue weighted by atomic mass is 16.1. The first-order valence-corrected chi connectivity index (χ1v) is 8.80. The van der Waals surface area contributed by atoms with Crippen molar-refractivity contribution in [1.82, 2.24) is 0 Å². The van der Waals surface area contributed by atoms with E-state index in [9.17, 15) is 9.59 Å². The Balaban J connectivity index is 1.89. The molecule has 0 unspecified atom stereocenters. The summed E-state index contributed by atoms with van der Waals surface area (Å²) in [5, 5.41) is 0. The molecule has 124 valence electrons. The van der Waals surface area contributed by atoms with E-state index < -0.39 is 23.6 Å². The van der Waals surface area contributed by atoms with Gasteiger partial charge in [-0.15, -0.1) is 0 Å². The molecular weight excluding hydrogens is 284 g/mol. The third kappa shape index (κ3) is 1.99. The first-order chi connectivity index (χ1) is 12.9. The minimum absolute atomic E-state index is 0.0173. The van der Waals surface area contributed by atoms with E-state index in [1.54, 1.807) is 6.92 Å². The molecule has 4 aliphatic rings. The highest BCUT2D eigenvalue weighted by Crippen LogP contribution is 2.65. The van der Waals surface area contributed by atoms with Crippen LogP contribution >= 0.6 is 0 Å². The topological polar surface area (TPSA) is 34.1 Å². The average molecular weight is 317 g/mol. The van der Waals surface area contributed by atoms with Crippen LogP contribution in [0.4, 0.5) is 0 Å². The van der Waals surface area contributed by atoms with Crippen molar-refractivity contribution in [2.24, 2.45) is 34.5 Å². The zero-order valence-corrected chi connectivity index (χ0v) is 14.2. The summed E-state index contributed by atoms with van der Waals surface area (Å²) in [5.74, 6) is -0.854. The number of allylic oxidation sites excluding steroid dienone is 4. The smallest absolute Gasteiger partial charge is 0.156 e. The van der Waals surface area contributed by atoms with Gasteiger partial charge in [0.05, 0.1) is 4.11 Å². The van der Waals surface area contributed by atoms with Gasteiger partial charge < -0.3 is 0 Å². The predicted octanol–water partition coefficient (Wildman–Crippen LogP) is 4.50. The van der Waals surface area contributed by atoms with E-state index in [0.29, 0.717) is 0 Å². The van der Waals surface area contributed by atoms with E-state index in [4.69, 9.17) is 6.85 Å². The number of hydrogen-bond acceptors (Lipinski definition) is 2. The predicted molar refractivity (Wildman–Crippen MR) is 90.8 cm³/mol. The second-order valence-electron chi connectivity index (χ2n) is 8.39. The van der Waals surface area contributed by atoms with E-state index in [1.165, 1.54) is 0 Å². The summed E-state index contributed by atoms with van der Waals surface area (Å²) >= 11 is 0. The summed E-state index contributed by atoms with van der Waals surface area (Å²) in [6.07, 6.45) is 1.06. The van der Waals surface area contributed by atoms with Crippen LogP contribution in [0.5, 0.6) is 0 Å². The van der Waals surface area contributed by atoms with Crippen molar-refractivity contribution in [3.63, 3.8) is 0 Å². The van der Waals surface area contributed by atoms with E-state index in [-0.39, 0.29) is 59.0 Å². The first-order valence-electron chi connectivity index (χ1n) is 11.3. The summed E-state index contributed by atoms with van der Waals surface area (Å²) in [6.45, 7) is 5.69. The maximum absolute atomic E-state index is 12.4. The van der Waals surface area contributed by atoms with Gasteiger partial charge >= 0.3 is 0 Å². The van der Waals surface area contributed by atoms with E-state index in [2.05, 4.69) is 6.92 Å². The number of carbonyl (C=O) groups excluding carboxylic acids is 2. The van der Waals surface area contributed by atoms with E-state index >= 15 is 0 Å². The molecule has 0 spiro atoms. The fraction of sp³-hybridized carbons (Fsp3) is 0.714. The van der Waals surface area contributed by atoms with Crippen LogP contribution in [0, 0.1) is 34.5 Å². The zero-order chi connectivity index (χ0) is 20.8. The molecule has 0 saturated heterocycles. The molecule has 0 aromatic heterocycles. The van der Waals surface area contributed by atoms with Crippen LogP contribution in [0.3, 0.4) is 0 Å². The van der Waals surface area contributed by atoms with Gasteiger partial charge in [-0.3, -0.25) is 9.59 Å². The molecule has 0 amide bonds. The molecule has 0 radical (unpaired) electrons. The first kappa shape index (κ1) is 10.6. The Morgan fingerprint density at radius 3 is 2.78 bits per heavy atom. The van der Waals surface area contributed by atoms with Crippen molar-refractivity contribution in [3.8, 4) is 0 Å². The number of rotatable bonds is 1. The normalized spacial score (nSPS) is 54.9. The SMILES string of the molecule is [2H]C1=C([2H])[C@@H]2[C@@H](CC[C@]3(C)[C@@H](C(C)=O)CC[C@@H]23)[C@]2(C)CC([2H])([2H])C(=O)C([2H])=C12. The molecule has 4 aliphatic carbocycles. The van der Waals surface area contributed by atoms with Gasteiger partial charge in [-0.05, 0) is 79.2 Å². The van der Waals surface area contributed by atoms with Crippen molar-refractivity contribution >= 4 is 11.6 Å². The lowest BCUT2D eigenvalue weighted by molar-refractivity contribution is -0.127.